The molecule has 0 radical (unpaired) electrons. The molecule has 0 heterocycles. The summed E-state index contributed by atoms with van der Waals surface area (Å²) in [5.41, 5.74) is 7.53. The second-order valence-electron chi connectivity index (χ2n) is 5.20. The molecule has 1 atom stereocenters. The first-order chi connectivity index (χ1) is 8.11. The molecule has 0 aliphatic carbocycles. The lowest BCUT2D eigenvalue weighted by molar-refractivity contribution is 0.250. The van der Waals surface area contributed by atoms with Gasteiger partial charge in [0.1, 0.15) is 0 Å². The van der Waals surface area contributed by atoms with E-state index in [0.29, 0.717) is 12.0 Å². The third kappa shape index (κ3) is 5.85. The molecule has 2 nitrogen and oxygen atoms in total. The zero-order chi connectivity index (χ0) is 12.7. The Balaban J connectivity index is 2.43. The summed E-state index contributed by atoms with van der Waals surface area (Å²) in [6, 6.07) is 10.9. The largest absolute Gasteiger partial charge is 0.327 e. The Bertz CT molecular complexity index is 295. The smallest absolute Gasteiger partial charge is 0.0234 e. The summed E-state index contributed by atoms with van der Waals surface area (Å²) in [5.74, 6) is 0.681. The van der Waals surface area contributed by atoms with Crippen molar-refractivity contribution in [2.45, 2.75) is 39.8 Å². The lowest BCUT2D eigenvalue weighted by Gasteiger charge is -2.25. The highest BCUT2D eigenvalue weighted by atomic mass is 15.1. The normalized spacial score (nSPS) is 13.3. The Hall–Kier alpha value is -0.860. The molecule has 17 heavy (non-hydrogen) atoms. The van der Waals surface area contributed by atoms with Crippen molar-refractivity contribution in [3.8, 4) is 0 Å². The molecule has 0 saturated carbocycles. The second-order valence-corrected chi connectivity index (χ2v) is 5.20. The van der Waals surface area contributed by atoms with Gasteiger partial charge in [0.15, 0.2) is 0 Å². The Kier molecular flexibility index (Phi) is 6.23. The summed E-state index contributed by atoms with van der Waals surface area (Å²) in [6.45, 7) is 9.71. The Morgan fingerprint density at radius 1 is 1.18 bits per heavy atom. The third-order valence-corrected chi connectivity index (χ3v) is 2.96. The molecule has 0 spiro atoms. The SMILES string of the molecule is CCN(Cc1ccccc1)CC(N)CC(C)C. The highest BCUT2D eigenvalue weighted by Crippen LogP contribution is 2.08. The third-order valence-electron chi connectivity index (χ3n) is 2.96. The Labute approximate surface area is 106 Å². The monoisotopic (exact) mass is 234 g/mol. The van der Waals surface area contributed by atoms with Crippen molar-refractivity contribution in [1.82, 2.24) is 4.90 Å². The summed E-state index contributed by atoms with van der Waals surface area (Å²) >= 11 is 0. The Morgan fingerprint density at radius 2 is 1.82 bits per heavy atom. The van der Waals surface area contributed by atoms with E-state index in [2.05, 4.69) is 56.0 Å². The highest BCUT2D eigenvalue weighted by molar-refractivity contribution is 5.14. The van der Waals surface area contributed by atoms with Crippen LogP contribution in [0.2, 0.25) is 0 Å². The average molecular weight is 234 g/mol. The Morgan fingerprint density at radius 3 is 2.35 bits per heavy atom. The van der Waals surface area contributed by atoms with Crippen LogP contribution in [0.4, 0.5) is 0 Å². The maximum absolute atomic E-state index is 6.16. The molecule has 1 aromatic carbocycles. The minimum absolute atomic E-state index is 0.290. The van der Waals surface area contributed by atoms with E-state index in [1.165, 1.54) is 5.56 Å². The molecule has 0 aliphatic rings. The van der Waals surface area contributed by atoms with E-state index in [0.717, 1.165) is 26.1 Å². The molecule has 1 aromatic rings. The second kappa shape index (κ2) is 7.46. The van der Waals surface area contributed by atoms with Gasteiger partial charge in [0, 0.05) is 19.1 Å². The van der Waals surface area contributed by atoms with Crippen molar-refractivity contribution < 1.29 is 0 Å². The standard InChI is InChI=1S/C15H26N2/c1-4-17(12-15(16)10-13(2)3)11-14-8-6-5-7-9-14/h5-9,13,15H,4,10-12,16H2,1-3H3. The van der Waals surface area contributed by atoms with Gasteiger partial charge in [0.2, 0.25) is 0 Å². The number of hydrogen-bond acceptors (Lipinski definition) is 2. The van der Waals surface area contributed by atoms with Crippen LogP contribution in [0, 0.1) is 5.92 Å². The molecule has 0 amide bonds. The molecule has 0 fully saturated rings. The number of nitrogens with zero attached hydrogens (tertiary/aromatic N) is 1. The van der Waals surface area contributed by atoms with Gasteiger partial charge in [-0.25, -0.2) is 0 Å². The van der Waals surface area contributed by atoms with Crippen LogP contribution in [0.15, 0.2) is 30.3 Å². The van der Waals surface area contributed by atoms with Crippen molar-refractivity contribution in [1.29, 1.82) is 0 Å². The van der Waals surface area contributed by atoms with Crippen molar-refractivity contribution in [3.63, 3.8) is 0 Å². The van der Waals surface area contributed by atoms with Gasteiger partial charge in [-0.05, 0) is 24.4 Å². The first kappa shape index (κ1) is 14.2. The fourth-order valence-corrected chi connectivity index (χ4v) is 2.16. The van der Waals surface area contributed by atoms with Crippen LogP contribution < -0.4 is 5.73 Å². The van der Waals surface area contributed by atoms with Crippen molar-refractivity contribution in [2.24, 2.45) is 11.7 Å². The van der Waals surface area contributed by atoms with Crippen LogP contribution in [-0.2, 0) is 6.54 Å². The number of hydrogen-bond donors (Lipinski definition) is 1. The number of likely N-dealkylation sites (N-methyl/N-ethyl adjacent to an activating group) is 1. The van der Waals surface area contributed by atoms with Crippen LogP contribution in [0.3, 0.4) is 0 Å². The molecule has 0 aromatic heterocycles. The minimum Gasteiger partial charge on any atom is -0.327 e. The molecule has 0 saturated heterocycles. The maximum Gasteiger partial charge on any atom is 0.0234 e. The lowest BCUT2D eigenvalue weighted by atomic mass is 10.0. The zero-order valence-corrected chi connectivity index (χ0v) is 11.4. The summed E-state index contributed by atoms with van der Waals surface area (Å²) in [7, 11) is 0. The van der Waals surface area contributed by atoms with E-state index in [-0.39, 0.29) is 0 Å². The molecule has 96 valence electrons. The summed E-state index contributed by atoms with van der Waals surface area (Å²) in [4.78, 5) is 2.42. The van der Waals surface area contributed by atoms with E-state index in [1.54, 1.807) is 0 Å². The van der Waals surface area contributed by atoms with Crippen LogP contribution in [-0.4, -0.2) is 24.0 Å². The molecule has 1 rings (SSSR count). The van der Waals surface area contributed by atoms with E-state index < -0.39 is 0 Å². The first-order valence-electron chi connectivity index (χ1n) is 6.63. The van der Waals surface area contributed by atoms with Gasteiger partial charge in [0.05, 0.1) is 0 Å². The highest BCUT2D eigenvalue weighted by Gasteiger charge is 2.10. The van der Waals surface area contributed by atoms with Gasteiger partial charge < -0.3 is 5.73 Å². The van der Waals surface area contributed by atoms with Gasteiger partial charge in [-0.2, -0.15) is 0 Å². The molecule has 2 heteroatoms. The van der Waals surface area contributed by atoms with Crippen LogP contribution in [0.1, 0.15) is 32.8 Å². The topological polar surface area (TPSA) is 29.3 Å². The van der Waals surface area contributed by atoms with E-state index in [4.69, 9.17) is 5.73 Å². The number of rotatable bonds is 7. The predicted molar refractivity (Wildman–Crippen MR) is 74.8 cm³/mol. The predicted octanol–water partition coefficient (Wildman–Crippen LogP) is 2.88. The summed E-state index contributed by atoms with van der Waals surface area (Å²) in [6.07, 6.45) is 1.10. The lowest BCUT2D eigenvalue weighted by Crippen LogP contribution is -2.37. The summed E-state index contributed by atoms with van der Waals surface area (Å²) < 4.78 is 0. The molecule has 2 N–H and O–H groups in total. The maximum atomic E-state index is 6.16. The van der Waals surface area contributed by atoms with Crippen LogP contribution in [0.5, 0.6) is 0 Å². The van der Waals surface area contributed by atoms with E-state index in [9.17, 15) is 0 Å². The number of benzene rings is 1. The fourth-order valence-electron chi connectivity index (χ4n) is 2.16. The molecule has 1 unspecified atom stereocenters. The van der Waals surface area contributed by atoms with E-state index in [1.807, 2.05) is 0 Å². The van der Waals surface area contributed by atoms with Gasteiger partial charge in [-0.3, -0.25) is 4.90 Å². The van der Waals surface area contributed by atoms with Crippen molar-refractivity contribution in [2.75, 3.05) is 13.1 Å². The van der Waals surface area contributed by atoms with Gasteiger partial charge in [0.25, 0.3) is 0 Å². The first-order valence-corrected chi connectivity index (χ1v) is 6.63. The van der Waals surface area contributed by atoms with Crippen molar-refractivity contribution >= 4 is 0 Å². The van der Waals surface area contributed by atoms with Crippen molar-refractivity contribution in [3.05, 3.63) is 35.9 Å². The molecule has 0 bridgehead atoms. The van der Waals surface area contributed by atoms with Crippen LogP contribution >= 0.6 is 0 Å². The fraction of sp³-hybridized carbons (Fsp3) is 0.600. The minimum atomic E-state index is 0.290. The molecule has 0 aliphatic heterocycles. The average Bonchev–Trinajstić information content (AvgIpc) is 2.28. The van der Waals surface area contributed by atoms with Gasteiger partial charge in [-0.15, -0.1) is 0 Å². The molecular formula is C15H26N2. The number of nitrogens with two attached hydrogens (primary N) is 1. The van der Waals surface area contributed by atoms with Gasteiger partial charge in [-0.1, -0.05) is 51.1 Å². The molecular weight excluding hydrogens is 208 g/mol. The summed E-state index contributed by atoms with van der Waals surface area (Å²) in [5, 5.41) is 0. The van der Waals surface area contributed by atoms with E-state index >= 15 is 0 Å². The zero-order valence-electron chi connectivity index (χ0n) is 11.4. The van der Waals surface area contributed by atoms with Crippen LogP contribution in [0.25, 0.3) is 0 Å². The van der Waals surface area contributed by atoms with Gasteiger partial charge >= 0.3 is 0 Å². The quantitative estimate of drug-likeness (QED) is 0.786.